The molecule has 0 aliphatic rings. The zero-order valence-electron chi connectivity index (χ0n) is 15.1. The second-order valence-electron chi connectivity index (χ2n) is 6.10. The molecule has 0 aliphatic heterocycles. The van der Waals surface area contributed by atoms with Gasteiger partial charge in [-0.2, -0.15) is 0 Å². The van der Waals surface area contributed by atoms with Gasteiger partial charge in [-0.3, -0.25) is 4.79 Å². The average Bonchev–Trinajstić information content (AvgIpc) is 2.66. The number of para-hydroxylation sites is 1. The first-order chi connectivity index (χ1) is 13.0. The predicted octanol–water partition coefficient (Wildman–Crippen LogP) is 5.85. The third kappa shape index (κ3) is 5.25. The second-order valence-corrected chi connectivity index (χ2v) is 6.54. The highest BCUT2D eigenvalue weighted by molar-refractivity contribution is 6.30. The van der Waals surface area contributed by atoms with Crippen LogP contribution in [0, 0.1) is 6.92 Å². The van der Waals surface area contributed by atoms with E-state index in [1.165, 1.54) is 0 Å². The van der Waals surface area contributed by atoms with Crippen LogP contribution in [0.1, 0.15) is 12.5 Å². The molecule has 4 nitrogen and oxygen atoms in total. The van der Waals surface area contributed by atoms with Gasteiger partial charge in [0.15, 0.2) is 6.10 Å². The Hall–Kier alpha value is -2.98. The second kappa shape index (κ2) is 8.60. The van der Waals surface area contributed by atoms with Crippen molar-refractivity contribution < 1.29 is 14.3 Å². The number of hydrogen-bond donors (Lipinski definition) is 1. The fraction of sp³-hybridized carbons (Fsp3) is 0.136. The maximum absolute atomic E-state index is 12.4. The van der Waals surface area contributed by atoms with Crippen LogP contribution in [0.4, 0.5) is 5.69 Å². The van der Waals surface area contributed by atoms with E-state index in [9.17, 15) is 4.79 Å². The molecule has 0 radical (unpaired) electrons. The quantitative estimate of drug-likeness (QED) is 0.582. The summed E-state index contributed by atoms with van der Waals surface area (Å²) in [5.74, 6) is 1.85. The van der Waals surface area contributed by atoms with E-state index in [-0.39, 0.29) is 5.91 Å². The summed E-state index contributed by atoms with van der Waals surface area (Å²) >= 11 is 5.94. The molecular formula is C22H20ClNO3. The summed E-state index contributed by atoms with van der Waals surface area (Å²) < 4.78 is 11.5. The number of amides is 1. The molecule has 1 atom stereocenters. The van der Waals surface area contributed by atoms with Crippen LogP contribution in [-0.2, 0) is 4.79 Å². The van der Waals surface area contributed by atoms with Gasteiger partial charge in [-0.15, -0.1) is 0 Å². The van der Waals surface area contributed by atoms with Crippen LogP contribution in [0.5, 0.6) is 17.2 Å². The molecule has 0 heterocycles. The van der Waals surface area contributed by atoms with Crippen molar-refractivity contribution in [2.24, 2.45) is 0 Å². The number of hydrogen-bond acceptors (Lipinski definition) is 3. The highest BCUT2D eigenvalue weighted by atomic mass is 35.5. The topological polar surface area (TPSA) is 47.6 Å². The van der Waals surface area contributed by atoms with Crippen LogP contribution >= 0.6 is 11.6 Å². The van der Waals surface area contributed by atoms with E-state index in [0.717, 1.165) is 11.3 Å². The molecule has 1 amide bonds. The summed E-state index contributed by atoms with van der Waals surface area (Å²) in [5.41, 5.74) is 1.55. The minimum Gasteiger partial charge on any atom is -0.481 e. The van der Waals surface area contributed by atoms with Crippen LogP contribution in [0.3, 0.4) is 0 Å². The van der Waals surface area contributed by atoms with Crippen molar-refractivity contribution in [1.82, 2.24) is 0 Å². The summed E-state index contributed by atoms with van der Waals surface area (Å²) in [6.45, 7) is 3.59. The van der Waals surface area contributed by atoms with Gasteiger partial charge in [0, 0.05) is 10.7 Å². The predicted molar refractivity (Wildman–Crippen MR) is 108 cm³/mol. The third-order valence-electron chi connectivity index (χ3n) is 3.91. The first kappa shape index (κ1) is 18.8. The highest BCUT2D eigenvalue weighted by Gasteiger charge is 2.16. The van der Waals surface area contributed by atoms with Crippen molar-refractivity contribution in [3.05, 3.63) is 83.4 Å². The number of carbonyl (C=O) groups is 1. The monoisotopic (exact) mass is 381 g/mol. The van der Waals surface area contributed by atoms with E-state index in [1.54, 1.807) is 49.4 Å². The Morgan fingerprint density at radius 3 is 2.30 bits per heavy atom. The number of anilines is 1. The van der Waals surface area contributed by atoms with Gasteiger partial charge in [-0.05, 0) is 74.0 Å². The number of ether oxygens (including phenoxy) is 2. The summed E-state index contributed by atoms with van der Waals surface area (Å²) in [6, 6.07) is 22.0. The van der Waals surface area contributed by atoms with E-state index in [4.69, 9.17) is 21.1 Å². The Kier molecular flexibility index (Phi) is 5.99. The van der Waals surface area contributed by atoms with Crippen molar-refractivity contribution in [3.8, 4) is 17.2 Å². The summed E-state index contributed by atoms with van der Waals surface area (Å²) in [5, 5.41) is 3.47. The first-order valence-electron chi connectivity index (χ1n) is 8.58. The Bertz CT molecular complexity index is 911. The average molecular weight is 382 g/mol. The summed E-state index contributed by atoms with van der Waals surface area (Å²) in [4.78, 5) is 12.4. The molecule has 3 rings (SSSR count). The van der Waals surface area contributed by atoms with Gasteiger partial charge in [0.1, 0.15) is 17.2 Å². The van der Waals surface area contributed by atoms with Crippen LogP contribution in [0.15, 0.2) is 72.8 Å². The molecule has 1 N–H and O–H groups in total. The van der Waals surface area contributed by atoms with Crippen LogP contribution < -0.4 is 14.8 Å². The molecule has 0 saturated heterocycles. The Balaban J connectivity index is 1.58. The Labute approximate surface area is 163 Å². The minimum atomic E-state index is -0.648. The maximum atomic E-state index is 12.4. The van der Waals surface area contributed by atoms with E-state index in [0.29, 0.717) is 22.2 Å². The summed E-state index contributed by atoms with van der Waals surface area (Å²) in [7, 11) is 0. The van der Waals surface area contributed by atoms with Gasteiger partial charge < -0.3 is 14.8 Å². The molecule has 0 aromatic heterocycles. The van der Waals surface area contributed by atoms with E-state index in [2.05, 4.69) is 5.32 Å². The SMILES string of the molecule is Cc1cc(Cl)ccc1O[C@H](C)C(=O)Nc1ccc(Oc2ccccc2)cc1. The molecule has 3 aromatic rings. The Morgan fingerprint density at radius 1 is 0.963 bits per heavy atom. The van der Waals surface area contributed by atoms with Gasteiger partial charge in [0.25, 0.3) is 5.91 Å². The van der Waals surface area contributed by atoms with Gasteiger partial charge in [0.2, 0.25) is 0 Å². The lowest BCUT2D eigenvalue weighted by Gasteiger charge is -2.16. The van der Waals surface area contributed by atoms with E-state index < -0.39 is 6.10 Å². The number of aryl methyl sites for hydroxylation is 1. The molecule has 138 valence electrons. The lowest BCUT2D eigenvalue weighted by Crippen LogP contribution is -2.30. The van der Waals surface area contributed by atoms with Gasteiger partial charge >= 0.3 is 0 Å². The molecule has 27 heavy (non-hydrogen) atoms. The smallest absolute Gasteiger partial charge is 0.265 e. The first-order valence-corrected chi connectivity index (χ1v) is 8.96. The Morgan fingerprint density at radius 2 is 1.63 bits per heavy atom. The molecule has 3 aromatic carbocycles. The number of rotatable bonds is 6. The third-order valence-corrected chi connectivity index (χ3v) is 4.15. The number of nitrogens with one attached hydrogen (secondary N) is 1. The van der Waals surface area contributed by atoms with Gasteiger partial charge in [0.05, 0.1) is 0 Å². The molecule has 0 spiro atoms. The van der Waals surface area contributed by atoms with E-state index in [1.807, 2.05) is 37.3 Å². The number of benzene rings is 3. The fourth-order valence-electron chi connectivity index (χ4n) is 2.46. The van der Waals surface area contributed by atoms with Crippen molar-refractivity contribution in [2.45, 2.75) is 20.0 Å². The van der Waals surface area contributed by atoms with Gasteiger partial charge in [-0.25, -0.2) is 0 Å². The maximum Gasteiger partial charge on any atom is 0.265 e. The standard InChI is InChI=1S/C22H20ClNO3/c1-15-14-17(23)8-13-21(15)26-16(2)22(25)24-18-9-11-20(12-10-18)27-19-6-4-3-5-7-19/h3-14,16H,1-2H3,(H,24,25)/t16-/m1/s1. The van der Waals surface area contributed by atoms with Crippen molar-refractivity contribution in [2.75, 3.05) is 5.32 Å². The lowest BCUT2D eigenvalue weighted by atomic mass is 10.2. The zero-order valence-corrected chi connectivity index (χ0v) is 15.9. The molecule has 0 unspecified atom stereocenters. The van der Waals surface area contributed by atoms with Crippen molar-refractivity contribution in [3.63, 3.8) is 0 Å². The highest BCUT2D eigenvalue weighted by Crippen LogP contribution is 2.24. The number of halogens is 1. The van der Waals surface area contributed by atoms with Crippen LogP contribution in [0.2, 0.25) is 5.02 Å². The van der Waals surface area contributed by atoms with Crippen molar-refractivity contribution >= 4 is 23.2 Å². The zero-order chi connectivity index (χ0) is 19.2. The number of carbonyl (C=O) groups excluding carboxylic acids is 1. The fourth-order valence-corrected chi connectivity index (χ4v) is 2.69. The van der Waals surface area contributed by atoms with E-state index >= 15 is 0 Å². The summed E-state index contributed by atoms with van der Waals surface area (Å²) in [6.07, 6.45) is -0.648. The molecule has 5 heteroatoms. The molecule has 0 saturated carbocycles. The van der Waals surface area contributed by atoms with Crippen LogP contribution in [0.25, 0.3) is 0 Å². The largest absolute Gasteiger partial charge is 0.481 e. The molecule has 0 fully saturated rings. The molecular weight excluding hydrogens is 362 g/mol. The molecule has 0 aliphatic carbocycles. The lowest BCUT2D eigenvalue weighted by molar-refractivity contribution is -0.122. The minimum absolute atomic E-state index is 0.235. The van der Waals surface area contributed by atoms with Gasteiger partial charge in [-0.1, -0.05) is 29.8 Å². The van der Waals surface area contributed by atoms with Crippen LogP contribution in [-0.4, -0.2) is 12.0 Å². The van der Waals surface area contributed by atoms with Crippen molar-refractivity contribution in [1.29, 1.82) is 0 Å². The normalized spacial score (nSPS) is 11.5. The molecule has 0 bridgehead atoms.